The predicted octanol–water partition coefficient (Wildman–Crippen LogP) is 4.42. The first-order chi connectivity index (χ1) is 12.2. The molecule has 4 nitrogen and oxygen atoms in total. The van der Waals surface area contributed by atoms with Gasteiger partial charge < -0.3 is 5.32 Å². The van der Waals surface area contributed by atoms with Crippen molar-refractivity contribution in [1.29, 1.82) is 0 Å². The Hall–Kier alpha value is -2.62. The van der Waals surface area contributed by atoms with E-state index in [-0.39, 0.29) is 17.4 Å². The van der Waals surface area contributed by atoms with Crippen molar-refractivity contribution in [3.05, 3.63) is 87.5 Å². The predicted molar refractivity (Wildman–Crippen MR) is 99.4 cm³/mol. The summed E-state index contributed by atoms with van der Waals surface area (Å²) in [7, 11) is 0. The third-order valence-electron chi connectivity index (χ3n) is 5.53. The van der Waals surface area contributed by atoms with Gasteiger partial charge in [-0.1, -0.05) is 54.6 Å². The van der Waals surface area contributed by atoms with Crippen LogP contribution < -0.4 is 5.32 Å². The van der Waals surface area contributed by atoms with Crippen molar-refractivity contribution < 1.29 is 4.92 Å². The minimum Gasteiger partial charge on any atom is -0.381 e. The van der Waals surface area contributed by atoms with E-state index >= 15 is 0 Å². The smallest absolute Gasteiger partial charge is 0.225 e. The maximum Gasteiger partial charge on any atom is 0.225 e. The number of rotatable bonds is 4. The van der Waals surface area contributed by atoms with Crippen LogP contribution in [0.5, 0.6) is 0 Å². The average Bonchev–Trinajstić information content (AvgIpc) is 2.74. The topological polar surface area (TPSA) is 55.2 Å². The standard InChI is InChI=1S/C21H22N2O2/c24-23(25)14-17-11-10-16-13-19(17)18-8-4-5-9-20(18)22-21(16)12-15-6-2-1-3-7-15/h1-9,11,16,19,21-22H,10,12-14H2. The summed E-state index contributed by atoms with van der Waals surface area (Å²) in [4.78, 5) is 10.9. The number of anilines is 1. The lowest BCUT2D eigenvalue weighted by atomic mass is 9.75. The number of nitrogens with zero attached hydrogens (tertiary/aromatic N) is 1. The van der Waals surface area contributed by atoms with E-state index in [9.17, 15) is 10.1 Å². The van der Waals surface area contributed by atoms with Crippen LogP contribution in [-0.2, 0) is 6.42 Å². The van der Waals surface area contributed by atoms with E-state index in [0.717, 1.165) is 30.5 Å². The summed E-state index contributed by atoms with van der Waals surface area (Å²) >= 11 is 0. The van der Waals surface area contributed by atoms with Gasteiger partial charge in [-0.3, -0.25) is 10.1 Å². The molecule has 0 fully saturated rings. The molecule has 2 bridgehead atoms. The Labute approximate surface area is 147 Å². The fourth-order valence-electron chi connectivity index (χ4n) is 4.31. The fourth-order valence-corrected chi connectivity index (χ4v) is 4.31. The van der Waals surface area contributed by atoms with Crippen LogP contribution in [0.1, 0.15) is 29.9 Å². The van der Waals surface area contributed by atoms with Crippen LogP contribution in [0.3, 0.4) is 0 Å². The molecule has 1 heterocycles. The van der Waals surface area contributed by atoms with E-state index < -0.39 is 0 Å². The maximum atomic E-state index is 11.1. The molecule has 2 aromatic carbocycles. The molecular weight excluding hydrogens is 312 g/mol. The Morgan fingerprint density at radius 2 is 1.84 bits per heavy atom. The van der Waals surface area contributed by atoms with Gasteiger partial charge in [-0.05, 0) is 42.4 Å². The number of nitro groups is 1. The molecule has 4 heteroatoms. The zero-order chi connectivity index (χ0) is 17.2. The van der Waals surface area contributed by atoms with E-state index in [1.165, 1.54) is 11.1 Å². The van der Waals surface area contributed by atoms with Gasteiger partial charge in [-0.25, -0.2) is 0 Å². The molecule has 0 saturated carbocycles. The Morgan fingerprint density at radius 3 is 2.64 bits per heavy atom. The molecule has 3 unspecified atom stereocenters. The summed E-state index contributed by atoms with van der Waals surface area (Å²) in [6, 6.07) is 19.2. The molecule has 2 aromatic rings. The highest BCUT2D eigenvalue weighted by Gasteiger charge is 2.36. The van der Waals surface area contributed by atoms with Crippen molar-refractivity contribution in [2.45, 2.75) is 31.2 Å². The second-order valence-electron chi connectivity index (χ2n) is 7.08. The Morgan fingerprint density at radius 1 is 1.08 bits per heavy atom. The fraction of sp³-hybridized carbons (Fsp3) is 0.333. The lowest BCUT2D eigenvalue weighted by molar-refractivity contribution is -0.471. The van der Waals surface area contributed by atoms with Crippen LogP contribution in [-0.4, -0.2) is 17.5 Å². The molecular formula is C21H22N2O2. The average molecular weight is 334 g/mol. The highest BCUT2D eigenvalue weighted by molar-refractivity contribution is 5.57. The Bertz CT molecular complexity index is 801. The van der Waals surface area contributed by atoms with Gasteiger partial charge in [-0.2, -0.15) is 0 Å². The van der Waals surface area contributed by atoms with Crippen LogP contribution in [0.4, 0.5) is 5.69 Å². The highest BCUT2D eigenvalue weighted by Crippen LogP contribution is 2.44. The highest BCUT2D eigenvalue weighted by atomic mass is 16.6. The van der Waals surface area contributed by atoms with Crippen molar-refractivity contribution >= 4 is 5.69 Å². The molecule has 25 heavy (non-hydrogen) atoms. The first-order valence-electron chi connectivity index (χ1n) is 8.91. The molecule has 0 saturated heterocycles. The van der Waals surface area contributed by atoms with Gasteiger partial charge in [-0.15, -0.1) is 0 Å². The molecule has 1 N–H and O–H groups in total. The summed E-state index contributed by atoms with van der Waals surface area (Å²) in [5.41, 5.74) is 4.63. The summed E-state index contributed by atoms with van der Waals surface area (Å²) < 4.78 is 0. The summed E-state index contributed by atoms with van der Waals surface area (Å²) in [6.45, 7) is -0.0466. The molecule has 1 aliphatic heterocycles. The monoisotopic (exact) mass is 334 g/mol. The van der Waals surface area contributed by atoms with Crippen molar-refractivity contribution in [1.82, 2.24) is 0 Å². The number of hydrogen-bond acceptors (Lipinski definition) is 3. The first kappa shape index (κ1) is 15.9. The first-order valence-corrected chi connectivity index (χ1v) is 8.91. The van der Waals surface area contributed by atoms with E-state index in [2.05, 4.69) is 47.8 Å². The minimum atomic E-state index is -0.200. The van der Waals surface area contributed by atoms with Gasteiger partial charge in [0.1, 0.15) is 0 Å². The lowest BCUT2D eigenvalue weighted by Gasteiger charge is -2.30. The zero-order valence-electron chi connectivity index (χ0n) is 14.1. The van der Waals surface area contributed by atoms with Crippen molar-refractivity contribution in [3.8, 4) is 0 Å². The van der Waals surface area contributed by atoms with Crippen LogP contribution in [0, 0.1) is 16.0 Å². The van der Waals surface area contributed by atoms with Crippen molar-refractivity contribution in [2.24, 2.45) is 5.92 Å². The molecule has 0 amide bonds. The van der Waals surface area contributed by atoms with Crippen LogP contribution >= 0.6 is 0 Å². The van der Waals surface area contributed by atoms with Gasteiger partial charge in [0.2, 0.25) is 6.54 Å². The van der Waals surface area contributed by atoms with E-state index in [1.807, 2.05) is 18.2 Å². The van der Waals surface area contributed by atoms with Gasteiger partial charge in [0.25, 0.3) is 0 Å². The quantitative estimate of drug-likeness (QED) is 0.511. The number of nitrogens with one attached hydrogen (secondary N) is 1. The van der Waals surface area contributed by atoms with Crippen molar-refractivity contribution in [3.63, 3.8) is 0 Å². The molecule has 3 atom stereocenters. The van der Waals surface area contributed by atoms with E-state index in [0.29, 0.717) is 12.0 Å². The molecule has 128 valence electrons. The minimum absolute atomic E-state index is 0.0466. The molecule has 0 aromatic heterocycles. The largest absolute Gasteiger partial charge is 0.381 e. The SMILES string of the molecule is O=[N+]([O-])CC1=CCC2CC1c1ccccc1NC2Cc1ccccc1. The number of hydrogen-bond donors (Lipinski definition) is 1. The number of fused-ring (bicyclic) bond motifs is 4. The normalized spacial score (nSPS) is 24.5. The van der Waals surface area contributed by atoms with Gasteiger partial charge in [0.05, 0.1) is 0 Å². The third kappa shape index (κ3) is 3.29. The second-order valence-corrected chi connectivity index (χ2v) is 7.08. The van der Waals surface area contributed by atoms with E-state index in [1.54, 1.807) is 0 Å². The van der Waals surface area contributed by atoms with E-state index in [4.69, 9.17) is 0 Å². The van der Waals surface area contributed by atoms with Crippen LogP contribution in [0.2, 0.25) is 0 Å². The summed E-state index contributed by atoms with van der Waals surface area (Å²) in [6.07, 6.45) is 5.01. The molecule has 1 aliphatic carbocycles. The number of allylic oxidation sites excluding steroid dienone is 1. The zero-order valence-corrected chi connectivity index (χ0v) is 14.1. The molecule has 4 rings (SSSR count). The lowest BCUT2D eigenvalue weighted by Crippen LogP contribution is -2.32. The molecule has 0 spiro atoms. The number of para-hydroxylation sites is 1. The van der Waals surface area contributed by atoms with Crippen molar-refractivity contribution in [2.75, 3.05) is 11.9 Å². The third-order valence-corrected chi connectivity index (χ3v) is 5.53. The maximum absolute atomic E-state index is 11.1. The van der Waals surface area contributed by atoms with Gasteiger partial charge in [0.15, 0.2) is 0 Å². The summed E-state index contributed by atoms with van der Waals surface area (Å²) in [5, 5.41) is 14.8. The van der Waals surface area contributed by atoms with Gasteiger partial charge >= 0.3 is 0 Å². The van der Waals surface area contributed by atoms with Crippen LogP contribution in [0.25, 0.3) is 0 Å². The Balaban J connectivity index is 1.68. The molecule has 2 aliphatic rings. The number of benzene rings is 2. The second kappa shape index (κ2) is 6.71. The van der Waals surface area contributed by atoms with Gasteiger partial charge in [0, 0.05) is 28.1 Å². The van der Waals surface area contributed by atoms with Crippen LogP contribution in [0.15, 0.2) is 66.2 Å². The Kier molecular flexibility index (Phi) is 4.26. The molecule has 0 radical (unpaired) electrons. The summed E-state index contributed by atoms with van der Waals surface area (Å²) in [5.74, 6) is 0.654.